The van der Waals surface area contributed by atoms with Crippen molar-refractivity contribution in [3.63, 3.8) is 0 Å². The van der Waals surface area contributed by atoms with Gasteiger partial charge in [0.1, 0.15) is 10.8 Å². The second kappa shape index (κ2) is 6.58. The molecule has 2 aromatic rings. The number of thiazole rings is 1. The van der Waals surface area contributed by atoms with Gasteiger partial charge in [0.2, 0.25) is 5.91 Å². The van der Waals surface area contributed by atoms with Crippen LogP contribution in [-0.2, 0) is 26.8 Å². The maximum absolute atomic E-state index is 11.4. The molecule has 5 nitrogen and oxygen atoms in total. The summed E-state index contributed by atoms with van der Waals surface area (Å²) in [6.45, 7) is 3.48. The Morgan fingerprint density at radius 3 is 2.41 bits per heavy atom. The lowest BCUT2D eigenvalue weighted by Gasteiger charge is -2.04. The van der Waals surface area contributed by atoms with Crippen LogP contribution in [0.5, 0.6) is 0 Å². The number of carbonyl (C=O) groups excluding carboxylic acids is 1. The highest BCUT2D eigenvalue weighted by Crippen LogP contribution is 2.30. The Hall–Kier alpha value is -1.73. The molecule has 22 heavy (non-hydrogen) atoms. The third-order valence-corrected chi connectivity index (χ3v) is 5.11. The Morgan fingerprint density at radius 2 is 1.91 bits per heavy atom. The Morgan fingerprint density at radius 1 is 1.27 bits per heavy atom. The summed E-state index contributed by atoms with van der Waals surface area (Å²) in [6, 6.07) is 7.38. The molecule has 2 rings (SSSR count). The zero-order chi connectivity index (χ0) is 16.3. The smallest absolute Gasteiger partial charge is 0.221 e. The second-order valence-electron chi connectivity index (χ2n) is 5.06. The molecule has 1 N–H and O–H groups in total. The first kappa shape index (κ1) is 16.6. The molecule has 0 aliphatic rings. The van der Waals surface area contributed by atoms with Gasteiger partial charge in [0.15, 0.2) is 9.84 Å². The number of aryl methyl sites for hydroxylation is 1. The summed E-state index contributed by atoms with van der Waals surface area (Å²) in [5.41, 5.74) is 2.46. The van der Waals surface area contributed by atoms with Gasteiger partial charge in [-0.3, -0.25) is 4.79 Å². The summed E-state index contributed by atoms with van der Waals surface area (Å²) in [6.07, 6.45) is 2.01. The number of nitrogens with one attached hydrogen (secondary N) is 1. The van der Waals surface area contributed by atoms with Crippen LogP contribution in [0.15, 0.2) is 24.3 Å². The van der Waals surface area contributed by atoms with Gasteiger partial charge in [-0.1, -0.05) is 19.1 Å². The van der Waals surface area contributed by atoms with E-state index in [0.29, 0.717) is 5.01 Å². The van der Waals surface area contributed by atoms with Crippen molar-refractivity contribution in [3.05, 3.63) is 34.2 Å². The van der Waals surface area contributed by atoms with Crippen LogP contribution in [0.1, 0.15) is 23.7 Å². The van der Waals surface area contributed by atoms with E-state index < -0.39 is 9.84 Å². The molecule has 7 heteroatoms. The van der Waals surface area contributed by atoms with Crippen molar-refractivity contribution >= 4 is 32.8 Å². The fourth-order valence-electron chi connectivity index (χ4n) is 2.07. The minimum absolute atomic E-state index is 0.0331. The monoisotopic (exact) mass is 338 g/mol. The summed E-state index contributed by atoms with van der Waals surface area (Å²) < 4.78 is 22.8. The first-order valence-corrected chi connectivity index (χ1v) is 9.70. The van der Waals surface area contributed by atoms with Crippen LogP contribution in [0.25, 0.3) is 11.3 Å². The molecule has 1 amide bonds. The van der Waals surface area contributed by atoms with Crippen LogP contribution >= 0.6 is 11.3 Å². The van der Waals surface area contributed by atoms with Crippen molar-refractivity contribution in [2.24, 2.45) is 0 Å². The number of aromatic nitrogens is 1. The van der Waals surface area contributed by atoms with Gasteiger partial charge in [0, 0.05) is 29.3 Å². The minimum Gasteiger partial charge on any atom is -0.326 e. The van der Waals surface area contributed by atoms with E-state index in [4.69, 9.17) is 0 Å². The van der Waals surface area contributed by atoms with Crippen molar-refractivity contribution < 1.29 is 13.2 Å². The number of benzene rings is 1. The average Bonchev–Trinajstić information content (AvgIpc) is 2.79. The molecular formula is C15H18N2O3S2. The molecule has 0 unspecified atom stereocenters. The van der Waals surface area contributed by atoms with Crippen molar-refractivity contribution in [1.29, 1.82) is 0 Å². The largest absolute Gasteiger partial charge is 0.326 e. The topological polar surface area (TPSA) is 76.1 Å². The highest BCUT2D eigenvalue weighted by molar-refractivity contribution is 7.90. The maximum atomic E-state index is 11.4. The van der Waals surface area contributed by atoms with Crippen LogP contribution < -0.4 is 5.32 Å². The first-order chi connectivity index (χ1) is 10.3. The van der Waals surface area contributed by atoms with E-state index in [0.717, 1.165) is 28.2 Å². The standard InChI is InChI=1S/C15H18N2O3S2/c1-4-13-15(17-14(21-13)9-22(3,19)20)11-5-7-12(8-6-11)16-10(2)18/h5-8H,4,9H2,1-3H3,(H,16,18). The van der Waals surface area contributed by atoms with Gasteiger partial charge in [-0.2, -0.15) is 0 Å². The molecule has 1 heterocycles. The highest BCUT2D eigenvalue weighted by atomic mass is 32.2. The number of hydrogen-bond donors (Lipinski definition) is 1. The fourth-order valence-corrected chi connectivity index (χ4v) is 4.28. The molecule has 0 aliphatic heterocycles. The van der Waals surface area contributed by atoms with E-state index in [-0.39, 0.29) is 11.7 Å². The first-order valence-electron chi connectivity index (χ1n) is 6.83. The zero-order valence-electron chi connectivity index (χ0n) is 12.7. The van der Waals surface area contributed by atoms with Gasteiger partial charge < -0.3 is 5.32 Å². The third kappa shape index (κ3) is 4.38. The van der Waals surface area contributed by atoms with Gasteiger partial charge in [-0.15, -0.1) is 11.3 Å². The molecule has 0 atom stereocenters. The van der Waals surface area contributed by atoms with E-state index in [1.165, 1.54) is 24.5 Å². The van der Waals surface area contributed by atoms with E-state index in [1.54, 1.807) is 0 Å². The van der Waals surface area contributed by atoms with Crippen LogP contribution in [0.2, 0.25) is 0 Å². The predicted octanol–water partition coefficient (Wildman–Crippen LogP) is 2.88. The van der Waals surface area contributed by atoms with Crippen molar-refractivity contribution in [2.75, 3.05) is 11.6 Å². The van der Waals surface area contributed by atoms with Gasteiger partial charge in [0.05, 0.1) is 5.69 Å². The molecule has 0 fully saturated rings. The number of hydrogen-bond acceptors (Lipinski definition) is 5. The number of amides is 1. The van der Waals surface area contributed by atoms with Crippen molar-refractivity contribution in [3.8, 4) is 11.3 Å². The predicted molar refractivity (Wildman–Crippen MR) is 89.8 cm³/mol. The number of nitrogens with zero attached hydrogens (tertiary/aromatic N) is 1. The summed E-state index contributed by atoms with van der Waals surface area (Å²) in [4.78, 5) is 16.6. The summed E-state index contributed by atoms with van der Waals surface area (Å²) in [5.74, 6) is -0.152. The lowest BCUT2D eigenvalue weighted by Crippen LogP contribution is -2.05. The molecule has 118 valence electrons. The normalized spacial score (nSPS) is 11.4. The van der Waals surface area contributed by atoms with Gasteiger partial charge in [-0.25, -0.2) is 13.4 Å². The molecule has 1 aromatic carbocycles. The molecule has 0 saturated heterocycles. The SMILES string of the molecule is CCc1sc(CS(C)(=O)=O)nc1-c1ccc(NC(C)=O)cc1. The third-order valence-electron chi connectivity index (χ3n) is 2.93. The van der Waals surface area contributed by atoms with E-state index in [9.17, 15) is 13.2 Å². The number of rotatable bonds is 5. The van der Waals surface area contributed by atoms with E-state index >= 15 is 0 Å². The minimum atomic E-state index is -3.09. The molecule has 0 aliphatic carbocycles. The molecule has 1 aromatic heterocycles. The fraction of sp³-hybridized carbons (Fsp3) is 0.333. The Kier molecular flexibility index (Phi) is 4.97. The second-order valence-corrected chi connectivity index (χ2v) is 8.37. The Labute approximate surface area is 134 Å². The van der Waals surface area contributed by atoms with E-state index in [2.05, 4.69) is 10.3 Å². The molecule has 0 bridgehead atoms. The average molecular weight is 338 g/mol. The lowest BCUT2D eigenvalue weighted by atomic mass is 10.1. The quantitative estimate of drug-likeness (QED) is 0.909. The van der Waals surface area contributed by atoms with Gasteiger partial charge >= 0.3 is 0 Å². The van der Waals surface area contributed by atoms with Gasteiger partial charge in [0.25, 0.3) is 0 Å². The Bertz CT molecular complexity index is 778. The highest BCUT2D eigenvalue weighted by Gasteiger charge is 2.15. The number of sulfone groups is 1. The van der Waals surface area contributed by atoms with Crippen LogP contribution in [0.4, 0.5) is 5.69 Å². The maximum Gasteiger partial charge on any atom is 0.221 e. The summed E-state index contributed by atoms with van der Waals surface area (Å²) in [5, 5.41) is 3.32. The summed E-state index contributed by atoms with van der Waals surface area (Å²) in [7, 11) is -3.09. The molecule has 0 saturated carbocycles. The Balaban J connectivity index is 2.33. The van der Waals surface area contributed by atoms with Gasteiger partial charge in [-0.05, 0) is 18.6 Å². The van der Waals surface area contributed by atoms with E-state index in [1.807, 2.05) is 31.2 Å². The van der Waals surface area contributed by atoms with Crippen LogP contribution in [0.3, 0.4) is 0 Å². The lowest BCUT2D eigenvalue weighted by molar-refractivity contribution is -0.114. The summed E-state index contributed by atoms with van der Waals surface area (Å²) >= 11 is 1.44. The molecular weight excluding hydrogens is 320 g/mol. The zero-order valence-corrected chi connectivity index (χ0v) is 14.3. The molecule has 0 radical (unpaired) electrons. The van der Waals surface area contributed by atoms with Crippen LogP contribution in [-0.4, -0.2) is 25.6 Å². The number of anilines is 1. The molecule has 0 spiro atoms. The van der Waals surface area contributed by atoms with Crippen molar-refractivity contribution in [2.45, 2.75) is 26.0 Å². The van der Waals surface area contributed by atoms with Crippen LogP contribution in [0, 0.1) is 0 Å². The number of carbonyl (C=O) groups is 1. The van der Waals surface area contributed by atoms with Crippen molar-refractivity contribution in [1.82, 2.24) is 4.98 Å².